The molecule has 112 valence electrons. The van der Waals surface area contributed by atoms with E-state index in [2.05, 4.69) is 42.8 Å². The summed E-state index contributed by atoms with van der Waals surface area (Å²) in [4.78, 5) is 17.0. The van der Waals surface area contributed by atoms with Crippen LogP contribution in [0.1, 0.15) is 53.9 Å². The summed E-state index contributed by atoms with van der Waals surface area (Å²) in [7, 11) is 0. The van der Waals surface area contributed by atoms with E-state index in [1.54, 1.807) is 0 Å². The molecule has 1 aliphatic heterocycles. The molecule has 0 aromatic heterocycles. The van der Waals surface area contributed by atoms with E-state index in [9.17, 15) is 4.79 Å². The van der Waals surface area contributed by atoms with Crippen LogP contribution in [0.2, 0.25) is 0 Å². The Hall–Kier alpha value is -0.610. The molecule has 0 spiro atoms. The Bertz CT molecular complexity index is 291. The van der Waals surface area contributed by atoms with E-state index in [1.165, 1.54) is 0 Å². The zero-order valence-electron chi connectivity index (χ0n) is 13.3. The van der Waals surface area contributed by atoms with E-state index in [-0.39, 0.29) is 17.6 Å². The van der Waals surface area contributed by atoms with Crippen LogP contribution in [0, 0.1) is 0 Å². The molecular weight excluding hydrogens is 238 g/mol. The zero-order valence-corrected chi connectivity index (χ0v) is 13.3. The van der Waals surface area contributed by atoms with Gasteiger partial charge in [-0.2, -0.15) is 0 Å². The monoisotopic (exact) mass is 269 g/mol. The second-order valence-corrected chi connectivity index (χ2v) is 5.66. The van der Waals surface area contributed by atoms with Crippen LogP contribution in [-0.2, 0) is 4.79 Å². The highest BCUT2D eigenvalue weighted by atomic mass is 16.2. The van der Waals surface area contributed by atoms with Crippen molar-refractivity contribution in [2.45, 2.75) is 65.6 Å². The third-order valence-corrected chi connectivity index (χ3v) is 4.42. The highest BCUT2D eigenvalue weighted by Crippen LogP contribution is 2.25. The first kappa shape index (κ1) is 16.4. The van der Waals surface area contributed by atoms with Gasteiger partial charge in [0, 0.05) is 13.1 Å². The van der Waals surface area contributed by atoms with Crippen molar-refractivity contribution in [1.82, 2.24) is 15.1 Å². The summed E-state index contributed by atoms with van der Waals surface area (Å²) in [5, 5.41) is 3.54. The standard InChI is InChI=1S/C15H31N3O/c1-6-10-13-16-15(5,7-2)14(19)18(13)12-11-17(8-3)9-4/h13,16H,6-12H2,1-5H3. The minimum absolute atomic E-state index is 0.220. The number of hydrogen-bond donors (Lipinski definition) is 1. The molecule has 1 saturated heterocycles. The maximum atomic E-state index is 12.6. The molecule has 0 aliphatic carbocycles. The van der Waals surface area contributed by atoms with Crippen LogP contribution in [0.4, 0.5) is 0 Å². The summed E-state index contributed by atoms with van der Waals surface area (Å²) in [6.45, 7) is 14.6. The van der Waals surface area contributed by atoms with Gasteiger partial charge in [0.1, 0.15) is 0 Å². The van der Waals surface area contributed by atoms with Gasteiger partial charge in [-0.05, 0) is 32.9 Å². The molecule has 1 fully saturated rings. The van der Waals surface area contributed by atoms with Crippen molar-refractivity contribution in [3.8, 4) is 0 Å². The summed E-state index contributed by atoms with van der Waals surface area (Å²) in [6, 6.07) is 0. The Balaban J connectivity index is 2.69. The Labute approximate surface area is 118 Å². The summed E-state index contributed by atoms with van der Waals surface area (Å²) in [5.41, 5.74) is -0.358. The Morgan fingerprint density at radius 3 is 2.37 bits per heavy atom. The topological polar surface area (TPSA) is 35.6 Å². The summed E-state index contributed by atoms with van der Waals surface area (Å²) in [5.74, 6) is 0.278. The van der Waals surface area contributed by atoms with Crippen molar-refractivity contribution in [2.75, 3.05) is 26.2 Å². The van der Waals surface area contributed by atoms with Crippen LogP contribution >= 0.6 is 0 Å². The zero-order chi connectivity index (χ0) is 14.5. The predicted molar refractivity (Wildman–Crippen MR) is 80.0 cm³/mol. The van der Waals surface area contributed by atoms with Gasteiger partial charge in [-0.1, -0.05) is 34.1 Å². The molecule has 0 saturated carbocycles. The van der Waals surface area contributed by atoms with Crippen LogP contribution < -0.4 is 5.32 Å². The molecule has 0 aromatic carbocycles. The third-order valence-electron chi connectivity index (χ3n) is 4.42. The SMILES string of the molecule is CCCC1NC(C)(CC)C(=O)N1CCN(CC)CC. The lowest BCUT2D eigenvalue weighted by Crippen LogP contribution is -2.44. The number of nitrogens with one attached hydrogen (secondary N) is 1. The van der Waals surface area contributed by atoms with Gasteiger partial charge in [-0.3, -0.25) is 10.1 Å². The van der Waals surface area contributed by atoms with Crippen LogP contribution in [0.5, 0.6) is 0 Å². The number of likely N-dealkylation sites (N-methyl/N-ethyl adjacent to an activating group) is 1. The van der Waals surface area contributed by atoms with E-state index in [0.29, 0.717) is 0 Å². The normalized spacial score (nSPS) is 27.6. The maximum Gasteiger partial charge on any atom is 0.243 e. The van der Waals surface area contributed by atoms with Crippen molar-refractivity contribution < 1.29 is 4.79 Å². The summed E-state index contributed by atoms with van der Waals surface area (Å²) >= 11 is 0. The molecule has 1 rings (SSSR count). The smallest absolute Gasteiger partial charge is 0.243 e. The molecule has 4 heteroatoms. The van der Waals surface area contributed by atoms with Crippen LogP contribution in [0.25, 0.3) is 0 Å². The molecule has 0 radical (unpaired) electrons. The second kappa shape index (κ2) is 7.25. The van der Waals surface area contributed by atoms with Crippen LogP contribution in [-0.4, -0.2) is 53.6 Å². The van der Waals surface area contributed by atoms with Gasteiger partial charge < -0.3 is 9.80 Å². The van der Waals surface area contributed by atoms with E-state index in [1.807, 2.05) is 6.92 Å². The molecule has 2 unspecified atom stereocenters. The van der Waals surface area contributed by atoms with Gasteiger partial charge in [0.15, 0.2) is 0 Å². The lowest BCUT2D eigenvalue weighted by Gasteiger charge is -2.27. The molecular formula is C15H31N3O. The number of carbonyl (C=O) groups is 1. The Morgan fingerprint density at radius 2 is 1.89 bits per heavy atom. The summed E-state index contributed by atoms with van der Waals surface area (Å²) in [6.07, 6.45) is 3.22. The van der Waals surface area contributed by atoms with Gasteiger partial charge in [-0.15, -0.1) is 0 Å². The molecule has 1 N–H and O–H groups in total. The highest BCUT2D eigenvalue weighted by Gasteiger charge is 2.45. The molecule has 19 heavy (non-hydrogen) atoms. The first-order valence-electron chi connectivity index (χ1n) is 7.83. The van der Waals surface area contributed by atoms with Crippen molar-refractivity contribution in [1.29, 1.82) is 0 Å². The summed E-state index contributed by atoms with van der Waals surface area (Å²) < 4.78 is 0. The number of nitrogens with zero attached hydrogens (tertiary/aromatic N) is 2. The Morgan fingerprint density at radius 1 is 1.26 bits per heavy atom. The number of rotatable bonds is 8. The van der Waals surface area contributed by atoms with Crippen molar-refractivity contribution >= 4 is 5.91 Å². The predicted octanol–water partition coefficient (Wildman–Crippen LogP) is 2.05. The molecule has 1 amide bonds. The quantitative estimate of drug-likeness (QED) is 0.732. The number of hydrogen-bond acceptors (Lipinski definition) is 3. The minimum atomic E-state index is -0.358. The molecule has 0 aromatic rings. The van der Waals surface area contributed by atoms with Crippen molar-refractivity contribution in [2.24, 2.45) is 0 Å². The highest BCUT2D eigenvalue weighted by molar-refractivity contribution is 5.88. The largest absolute Gasteiger partial charge is 0.324 e. The first-order valence-corrected chi connectivity index (χ1v) is 7.83. The molecule has 1 aliphatic rings. The van der Waals surface area contributed by atoms with Crippen LogP contribution in [0.15, 0.2) is 0 Å². The third kappa shape index (κ3) is 3.69. The van der Waals surface area contributed by atoms with Crippen molar-refractivity contribution in [3.63, 3.8) is 0 Å². The lowest BCUT2D eigenvalue weighted by molar-refractivity contribution is -0.133. The van der Waals surface area contributed by atoms with E-state index >= 15 is 0 Å². The fraction of sp³-hybridized carbons (Fsp3) is 0.933. The van der Waals surface area contributed by atoms with Gasteiger partial charge >= 0.3 is 0 Å². The second-order valence-electron chi connectivity index (χ2n) is 5.66. The molecule has 1 heterocycles. The average Bonchev–Trinajstić information content (AvgIpc) is 2.65. The maximum absolute atomic E-state index is 12.6. The molecule has 4 nitrogen and oxygen atoms in total. The van der Waals surface area contributed by atoms with E-state index in [4.69, 9.17) is 0 Å². The number of amides is 1. The minimum Gasteiger partial charge on any atom is -0.324 e. The van der Waals surface area contributed by atoms with Gasteiger partial charge in [0.25, 0.3) is 0 Å². The average molecular weight is 269 g/mol. The van der Waals surface area contributed by atoms with Gasteiger partial charge in [0.05, 0.1) is 11.7 Å². The van der Waals surface area contributed by atoms with Crippen LogP contribution in [0.3, 0.4) is 0 Å². The van der Waals surface area contributed by atoms with E-state index < -0.39 is 0 Å². The molecule has 0 bridgehead atoms. The van der Waals surface area contributed by atoms with E-state index in [0.717, 1.165) is 45.4 Å². The Kier molecular flexibility index (Phi) is 6.27. The fourth-order valence-corrected chi connectivity index (χ4v) is 2.77. The lowest BCUT2D eigenvalue weighted by atomic mass is 9.99. The first-order chi connectivity index (χ1) is 9.02. The van der Waals surface area contributed by atoms with Gasteiger partial charge in [-0.25, -0.2) is 0 Å². The molecule has 2 atom stereocenters. The van der Waals surface area contributed by atoms with Gasteiger partial charge in [0.2, 0.25) is 5.91 Å². The van der Waals surface area contributed by atoms with Crippen molar-refractivity contribution in [3.05, 3.63) is 0 Å². The number of carbonyl (C=O) groups excluding carboxylic acids is 1. The fourth-order valence-electron chi connectivity index (χ4n) is 2.77.